The average Bonchev–Trinajstić information content (AvgIpc) is 3.18. The molecule has 1 spiro atoms. The van der Waals surface area contributed by atoms with Gasteiger partial charge in [0.1, 0.15) is 5.75 Å². The summed E-state index contributed by atoms with van der Waals surface area (Å²) in [5, 5.41) is 0.331. The molecule has 0 aromatic heterocycles. The summed E-state index contributed by atoms with van der Waals surface area (Å²) >= 11 is 6.57. The van der Waals surface area contributed by atoms with Crippen molar-refractivity contribution in [3.63, 3.8) is 0 Å². The molecule has 0 saturated heterocycles. The molecule has 42 heavy (non-hydrogen) atoms. The van der Waals surface area contributed by atoms with E-state index in [2.05, 4.69) is 0 Å². The Morgan fingerprint density at radius 3 is 2.21 bits per heavy atom. The van der Waals surface area contributed by atoms with Gasteiger partial charge in [-0.1, -0.05) is 32.4 Å². The molecule has 5 rings (SSSR count). The van der Waals surface area contributed by atoms with Gasteiger partial charge in [0.15, 0.2) is 11.3 Å². The van der Waals surface area contributed by atoms with Gasteiger partial charge >= 0.3 is 11.9 Å². The van der Waals surface area contributed by atoms with Crippen LogP contribution in [-0.4, -0.2) is 51.5 Å². The third-order valence-corrected chi connectivity index (χ3v) is 8.31. The topological polar surface area (TPSA) is 102 Å². The number of amides is 1. The van der Waals surface area contributed by atoms with E-state index in [-0.39, 0.29) is 28.9 Å². The molecule has 10 heteroatoms. The monoisotopic (exact) mass is 592 g/mol. The molecule has 2 aromatic rings. The average molecular weight is 593 g/mol. The summed E-state index contributed by atoms with van der Waals surface area (Å²) in [6.07, 6.45) is 1.07. The Bertz CT molecular complexity index is 1570. The lowest BCUT2D eigenvalue weighted by Crippen LogP contribution is -2.60. The Hall–Kier alpha value is -4.11. The number of fused-ring (bicyclic) bond motifs is 2. The van der Waals surface area contributed by atoms with E-state index in [0.717, 1.165) is 0 Å². The molecule has 1 atom stereocenters. The summed E-state index contributed by atoms with van der Waals surface area (Å²) in [6.45, 7) is 6.19. The zero-order valence-corrected chi connectivity index (χ0v) is 25.3. The number of allylic oxidation sites excluding steroid dienone is 1. The maximum atomic E-state index is 15.1. The molecule has 2 aliphatic heterocycles. The Morgan fingerprint density at radius 2 is 1.62 bits per heavy atom. The quantitative estimate of drug-likeness (QED) is 0.427. The Morgan fingerprint density at radius 1 is 0.952 bits per heavy atom. The number of anilines is 2. The van der Waals surface area contributed by atoms with Crippen LogP contribution in [0, 0.1) is 5.41 Å². The molecule has 0 bridgehead atoms. The minimum absolute atomic E-state index is 0.0494. The highest BCUT2D eigenvalue weighted by Crippen LogP contribution is 2.59. The van der Waals surface area contributed by atoms with E-state index in [1.54, 1.807) is 59.4 Å². The van der Waals surface area contributed by atoms with E-state index < -0.39 is 28.8 Å². The maximum absolute atomic E-state index is 15.1. The number of hydrogen-bond donors (Lipinski definition) is 0. The van der Waals surface area contributed by atoms with Crippen LogP contribution < -0.4 is 14.5 Å². The molecule has 2 aromatic carbocycles. The van der Waals surface area contributed by atoms with Gasteiger partial charge in [0, 0.05) is 34.9 Å². The molecule has 0 saturated carbocycles. The summed E-state index contributed by atoms with van der Waals surface area (Å²) in [6, 6.07) is 12.0. The first kappa shape index (κ1) is 29.4. The number of Topliss-reactive ketones (excluding diaryl/α,β-unsaturated/α-hetero) is 1. The predicted molar refractivity (Wildman–Crippen MR) is 157 cm³/mol. The number of ketones is 1. The summed E-state index contributed by atoms with van der Waals surface area (Å²) < 4.78 is 15.9. The molecular formula is C32H33ClN2O7. The van der Waals surface area contributed by atoms with Crippen LogP contribution >= 0.6 is 11.6 Å². The van der Waals surface area contributed by atoms with Crippen LogP contribution in [0.1, 0.15) is 45.6 Å². The summed E-state index contributed by atoms with van der Waals surface area (Å²) in [5.41, 5.74) is -1.07. The molecule has 0 N–H and O–H groups in total. The second-order valence-electron chi connectivity index (χ2n) is 11.4. The number of halogens is 1. The molecule has 1 aliphatic carbocycles. The minimum Gasteiger partial charge on any atom is -0.497 e. The van der Waals surface area contributed by atoms with Crippen LogP contribution in [0.2, 0.25) is 5.02 Å². The van der Waals surface area contributed by atoms with Gasteiger partial charge in [-0.05, 0) is 60.7 Å². The van der Waals surface area contributed by atoms with E-state index >= 15 is 4.79 Å². The fourth-order valence-electron chi connectivity index (χ4n) is 6.48. The predicted octanol–water partition coefficient (Wildman–Crippen LogP) is 5.11. The first-order valence-electron chi connectivity index (χ1n) is 13.7. The third kappa shape index (κ3) is 4.21. The summed E-state index contributed by atoms with van der Waals surface area (Å²) in [4.78, 5) is 60.0. The van der Waals surface area contributed by atoms with Crippen LogP contribution in [0.5, 0.6) is 5.75 Å². The van der Waals surface area contributed by atoms with Gasteiger partial charge in [-0.2, -0.15) is 0 Å². The highest BCUT2D eigenvalue weighted by atomic mass is 35.5. The lowest BCUT2D eigenvalue weighted by molar-refractivity contribution is -0.141. The Labute approximate surface area is 249 Å². The van der Waals surface area contributed by atoms with Crippen molar-refractivity contribution < 1.29 is 33.4 Å². The summed E-state index contributed by atoms with van der Waals surface area (Å²) in [7, 11) is 3.89. The van der Waals surface area contributed by atoms with Crippen LogP contribution in [0.4, 0.5) is 11.4 Å². The lowest BCUT2D eigenvalue weighted by atomic mass is 9.66. The second kappa shape index (κ2) is 10.6. The van der Waals surface area contributed by atoms with Crippen molar-refractivity contribution in [3.8, 4) is 5.75 Å². The molecule has 0 fully saturated rings. The molecule has 2 heterocycles. The number of carbonyl (C=O) groups is 4. The van der Waals surface area contributed by atoms with Crippen LogP contribution in [0.25, 0.3) is 0 Å². The van der Waals surface area contributed by atoms with Crippen molar-refractivity contribution in [2.24, 2.45) is 5.41 Å². The first-order valence-corrected chi connectivity index (χ1v) is 14.1. The first-order chi connectivity index (χ1) is 20.0. The second-order valence-corrected chi connectivity index (χ2v) is 11.8. The number of rotatable bonds is 6. The molecule has 1 unspecified atom stereocenters. The molecule has 0 radical (unpaired) electrons. The van der Waals surface area contributed by atoms with E-state index in [9.17, 15) is 14.4 Å². The molecular weight excluding hydrogens is 560 g/mol. The van der Waals surface area contributed by atoms with E-state index in [1.807, 2.05) is 20.8 Å². The third-order valence-electron chi connectivity index (χ3n) is 8.07. The standard InChI is InChI=1S/C32H33ClN2O7/c1-7-14-34-22-13-8-18(33)15-21(22)32(30(34)39)27(29(38)42-6)26(28(37)41-5)25-23(16-31(2,3)17-24(25)36)35(32)19-9-11-20(40-4)12-10-19/h8-13,15H,7,14,16-17H2,1-6H3. The van der Waals surface area contributed by atoms with Crippen molar-refractivity contribution >= 4 is 46.6 Å². The van der Waals surface area contributed by atoms with E-state index in [1.165, 1.54) is 14.2 Å². The van der Waals surface area contributed by atoms with Crippen LogP contribution in [-0.2, 0) is 34.2 Å². The highest BCUT2D eigenvalue weighted by molar-refractivity contribution is 6.31. The Balaban J connectivity index is 2.03. The molecule has 1 amide bonds. The van der Waals surface area contributed by atoms with Gasteiger partial charge in [-0.15, -0.1) is 0 Å². The van der Waals surface area contributed by atoms with Gasteiger partial charge in [-0.25, -0.2) is 9.59 Å². The number of nitrogens with zero attached hydrogens (tertiary/aromatic N) is 2. The number of carbonyl (C=O) groups excluding carboxylic acids is 4. The number of benzene rings is 2. The maximum Gasteiger partial charge on any atom is 0.339 e. The number of esters is 2. The molecule has 220 valence electrons. The van der Waals surface area contributed by atoms with Gasteiger partial charge in [0.05, 0.1) is 43.7 Å². The van der Waals surface area contributed by atoms with Crippen molar-refractivity contribution in [3.05, 3.63) is 75.5 Å². The minimum atomic E-state index is -1.94. The largest absolute Gasteiger partial charge is 0.497 e. The fourth-order valence-corrected chi connectivity index (χ4v) is 6.65. The van der Waals surface area contributed by atoms with Crippen molar-refractivity contribution in [2.45, 2.75) is 45.6 Å². The smallest absolute Gasteiger partial charge is 0.339 e. The Kier molecular flexibility index (Phi) is 7.43. The lowest BCUT2D eigenvalue weighted by Gasteiger charge is -2.50. The van der Waals surface area contributed by atoms with Gasteiger partial charge in [-0.3, -0.25) is 9.59 Å². The highest BCUT2D eigenvalue weighted by Gasteiger charge is 2.65. The number of ether oxygens (including phenoxy) is 3. The van der Waals surface area contributed by atoms with Crippen molar-refractivity contribution in [1.82, 2.24) is 0 Å². The van der Waals surface area contributed by atoms with Gasteiger partial charge < -0.3 is 24.0 Å². The van der Waals surface area contributed by atoms with E-state index in [4.69, 9.17) is 25.8 Å². The molecule has 9 nitrogen and oxygen atoms in total. The van der Waals surface area contributed by atoms with Crippen LogP contribution in [0.15, 0.2) is 64.9 Å². The van der Waals surface area contributed by atoms with Gasteiger partial charge in [0.2, 0.25) is 0 Å². The fraction of sp³-hybridized carbons (Fsp3) is 0.375. The normalized spacial score (nSPS) is 21.0. The van der Waals surface area contributed by atoms with Crippen molar-refractivity contribution in [2.75, 3.05) is 37.7 Å². The summed E-state index contributed by atoms with van der Waals surface area (Å²) in [5.74, 6) is -2.07. The van der Waals surface area contributed by atoms with Crippen LogP contribution in [0.3, 0.4) is 0 Å². The number of methoxy groups -OCH3 is 3. The zero-order valence-electron chi connectivity index (χ0n) is 24.5. The molecule has 3 aliphatic rings. The number of hydrogen-bond acceptors (Lipinski definition) is 8. The van der Waals surface area contributed by atoms with E-state index in [0.29, 0.717) is 52.8 Å². The SMILES string of the molecule is CCCN1C(=O)C2(C(C(=O)OC)=C(C(=O)OC)C3=C(CC(C)(C)CC3=O)N2c2ccc(OC)cc2)c2cc(Cl)ccc21. The zero-order chi connectivity index (χ0) is 30.6. The van der Waals surface area contributed by atoms with Crippen molar-refractivity contribution in [1.29, 1.82) is 0 Å². The van der Waals surface area contributed by atoms with Gasteiger partial charge in [0.25, 0.3) is 5.91 Å².